The molecule has 0 bridgehead atoms. The minimum absolute atomic E-state index is 0.139. The highest BCUT2D eigenvalue weighted by molar-refractivity contribution is 9.10. The molecule has 0 radical (unpaired) electrons. The molecule has 108 valence electrons. The number of likely N-dealkylation sites (N-methyl/N-ethyl adjacent to an activating group) is 1. The van der Waals surface area contributed by atoms with Crippen molar-refractivity contribution in [1.29, 1.82) is 0 Å². The number of halogens is 2. The minimum Gasteiger partial charge on any atom is -0.496 e. The van der Waals surface area contributed by atoms with Crippen molar-refractivity contribution in [1.82, 2.24) is 5.32 Å². The molecule has 3 nitrogen and oxygen atoms in total. The maximum Gasteiger partial charge on any atom is 0.173 e. The highest BCUT2D eigenvalue weighted by atomic mass is 79.9. The molecule has 0 aliphatic heterocycles. The van der Waals surface area contributed by atoms with Gasteiger partial charge >= 0.3 is 0 Å². The van der Waals surface area contributed by atoms with Gasteiger partial charge in [0.1, 0.15) is 5.75 Å². The average molecular weight is 359 g/mol. The Morgan fingerprint density at radius 2 is 2.20 bits per heavy atom. The van der Waals surface area contributed by atoms with E-state index >= 15 is 0 Å². The number of furan rings is 1. The van der Waals surface area contributed by atoms with Gasteiger partial charge in [0.15, 0.2) is 4.67 Å². The fourth-order valence-electron chi connectivity index (χ4n) is 2.22. The van der Waals surface area contributed by atoms with Crippen molar-refractivity contribution in [2.24, 2.45) is 0 Å². The van der Waals surface area contributed by atoms with E-state index < -0.39 is 0 Å². The third-order valence-electron chi connectivity index (χ3n) is 3.14. The SMILES string of the molecule is CCNC(Cc1cc(Cl)ccc1OC)c1ccoc1Br. The lowest BCUT2D eigenvalue weighted by Gasteiger charge is -2.19. The zero-order valence-electron chi connectivity index (χ0n) is 11.5. The first kappa shape index (κ1) is 15.4. The maximum atomic E-state index is 6.09. The van der Waals surface area contributed by atoms with E-state index in [1.54, 1.807) is 13.4 Å². The second-order valence-corrected chi connectivity index (χ2v) is 5.58. The fraction of sp³-hybridized carbons (Fsp3) is 0.333. The van der Waals surface area contributed by atoms with Crippen molar-refractivity contribution in [3.05, 3.63) is 51.3 Å². The topological polar surface area (TPSA) is 34.4 Å². The first-order valence-corrected chi connectivity index (χ1v) is 7.61. The van der Waals surface area contributed by atoms with Crippen LogP contribution in [0.4, 0.5) is 0 Å². The van der Waals surface area contributed by atoms with Crippen LogP contribution in [-0.2, 0) is 6.42 Å². The fourth-order valence-corrected chi connectivity index (χ4v) is 2.93. The van der Waals surface area contributed by atoms with Crippen LogP contribution in [0.3, 0.4) is 0 Å². The van der Waals surface area contributed by atoms with Gasteiger partial charge in [-0.05, 0) is 58.7 Å². The summed E-state index contributed by atoms with van der Waals surface area (Å²) in [5.74, 6) is 0.844. The molecule has 1 N–H and O–H groups in total. The van der Waals surface area contributed by atoms with Crippen molar-refractivity contribution in [2.45, 2.75) is 19.4 Å². The Bertz CT molecular complexity index is 571. The number of hydrogen-bond donors (Lipinski definition) is 1. The largest absolute Gasteiger partial charge is 0.496 e. The Morgan fingerprint density at radius 3 is 2.80 bits per heavy atom. The first-order chi connectivity index (χ1) is 9.65. The van der Waals surface area contributed by atoms with Crippen LogP contribution in [0, 0.1) is 0 Å². The van der Waals surface area contributed by atoms with Gasteiger partial charge in [-0.1, -0.05) is 18.5 Å². The molecule has 2 rings (SSSR count). The van der Waals surface area contributed by atoms with Crippen molar-refractivity contribution in [3.8, 4) is 5.75 Å². The van der Waals surface area contributed by atoms with Gasteiger partial charge in [0.25, 0.3) is 0 Å². The summed E-state index contributed by atoms with van der Waals surface area (Å²) >= 11 is 9.52. The van der Waals surface area contributed by atoms with E-state index in [9.17, 15) is 0 Å². The zero-order chi connectivity index (χ0) is 14.5. The summed E-state index contributed by atoms with van der Waals surface area (Å²) in [5, 5.41) is 4.17. The molecule has 0 amide bonds. The van der Waals surface area contributed by atoms with Crippen molar-refractivity contribution in [2.75, 3.05) is 13.7 Å². The normalized spacial score (nSPS) is 12.4. The molecule has 2 aromatic rings. The molecule has 0 saturated carbocycles. The predicted octanol–water partition coefficient (Wildman–Crippen LogP) is 4.60. The van der Waals surface area contributed by atoms with Gasteiger partial charge in [-0.2, -0.15) is 0 Å². The Morgan fingerprint density at radius 1 is 1.40 bits per heavy atom. The number of ether oxygens (including phenoxy) is 1. The van der Waals surface area contributed by atoms with Crippen molar-refractivity contribution < 1.29 is 9.15 Å². The molecule has 0 aliphatic carbocycles. The van der Waals surface area contributed by atoms with Gasteiger partial charge in [-0.3, -0.25) is 0 Å². The predicted molar refractivity (Wildman–Crippen MR) is 84.5 cm³/mol. The second kappa shape index (κ2) is 7.16. The maximum absolute atomic E-state index is 6.09. The molecule has 1 aromatic carbocycles. The molecule has 0 spiro atoms. The highest BCUT2D eigenvalue weighted by Crippen LogP contribution is 2.31. The van der Waals surface area contributed by atoms with Crippen LogP contribution in [0.15, 0.2) is 39.6 Å². The monoisotopic (exact) mass is 357 g/mol. The summed E-state index contributed by atoms with van der Waals surface area (Å²) in [4.78, 5) is 0. The summed E-state index contributed by atoms with van der Waals surface area (Å²) in [5.41, 5.74) is 2.16. The Kier molecular flexibility index (Phi) is 5.52. The molecule has 1 aromatic heterocycles. The van der Waals surface area contributed by atoms with Crippen LogP contribution in [0.5, 0.6) is 5.75 Å². The van der Waals surface area contributed by atoms with Crippen LogP contribution >= 0.6 is 27.5 Å². The van der Waals surface area contributed by atoms with Gasteiger partial charge in [0, 0.05) is 16.6 Å². The van der Waals surface area contributed by atoms with Gasteiger partial charge < -0.3 is 14.5 Å². The third kappa shape index (κ3) is 3.57. The molecule has 0 aliphatic rings. The van der Waals surface area contributed by atoms with Crippen molar-refractivity contribution >= 4 is 27.5 Å². The summed E-state index contributed by atoms with van der Waals surface area (Å²) in [6.45, 7) is 2.95. The molecule has 5 heteroatoms. The quantitative estimate of drug-likeness (QED) is 0.819. The average Bonchev–Trinajstić information content (AvgIpc) is 2.85. The molecule has 0 saturated heterocycles. The summed E-state index contributed by atoms with van der Waals surface area (Å²) < 4.78 is 11.5. The molecule has 1 atom stereocenters. The van der Waals surface area contributed by atoms with E-state index in [-0.39, 0.29) is 6.04 Å². The lowest BCUT2D eigenvalue weighted by Crippen LogP contribution is -2.23. The van der Waals surface area contributed by atoms with Crippen LogP contribution in [0.25, 0.3) is 0 Å². The van der Waals surface area contributed by atoms with E-state index in [1.165, 1.54) is 0 Å². The molecule has 1 heterocycles. The molecule has 1 unspecified atom stereocenters. The highest BCUT2D eigenvalue weighted by Gasteiger charge is 2.18. The van der Waals surface area contributed by atoms with Gasteiger partial charge in [0.05, 0.1) is 13.4 Å². The summed E-state index contributed by atoms with van der Waals surface area (Å²) in [7, 11) is 1.67. The zero-order valence-corrected chi connectivity index (χ0v) is 13.8. The number of benzene rings is 1. The Hall–Kier alpha value is -0.970. The van der Waals surface area contributed by atoms with Crippen LogP contribution in [0.2, 0.25) is 5.02 Å². The third-order valence-corrected chi connectivity index (χ3v) is 4.02. The van der Waals surface area contributed by atoms with Crippen LogP contribution in [0.1, 0.15) is 24.1 Å². The number of hydrogen-bond acceptors (Lipinski definition) is 3. The van der Waals surface area contributed by atoms with E-state index in [4.69, 9.17) is 20.8 Å². The summed E-state index contributed by atoms with van der Waals surface area (Å²) in [6, 6.07) is 7.78. The van der Waals surface area contributed by atoms with E-state index in [0.29, 0.717) is 5.02 Å². The molecular weight excluding hydrogens is 342 g/mol. The van der Waals surface area contributed by atoms with Gasteiger partial charge in [-0.15, -0.1) is 0 Å². The van der Waals surface area contributed by atoms with Crippen molar-refractivity contribution in [3.63, 3.8) is 0 Å². The Labute approximate surface area is 132 Å². The van der Waals surface area contributed by atoms with Crippen LogP contribution < -0.4 is 10.1 Å². The molecule has 20 heavy (non-hydrogen) atoms. The summed E-state index contributed by atoms with van der Waals surface area (Å²) in [6.07, 6.45) is 2.45. The minimum atomic E-state index is 0.139. The molecular formula is C15H17BrClNO2. The number of nitrogens with one attached hydrogen (secondary N) is 1. The van der Waals surface area contributed by atoms with E-state index in [2.05, 4.69) is 28.2 Å². The number of rotatable bonds is 6. The van der Waals surface area contributed by atoms with Gasteiger partial charge in [0.2, 0.25) is 0 Å². The molecule has 0 fully saturated rings. The standard InChI is InChI=1S/C15H17BrClNO2/c1-3-18-13(12-6-7-20-15(12)16)9-10-8-11(17)4-5-14(10)19-2/h4-8,13,18H,3,9H2,1-2H3. The lowest BCUT2D eigenvalue weighted by molar-refractivity contribution is 0.405. The van der Waals surface area contributed by atoms with E-state index in [0.717, 1.165) is 34.5 Å². The van der Waals surface area contributed by atoms with Gasteiger partial charge in [-0.25, -0.2) is 0 Å². The van der Waals surface area contributed by atoms with E-state index in [1.807, 2.05) is 24.3 Å². The number of methoxy groups -OCH3 is 1. The first-order valence-electron chi connectivity index (χ1n) is 6.44. The Balaban J connectivity index is 2.29. The second-order valence-electron chi connectivity index (χ2n) is 4.42. The lowest BCUT2D eigenvalue weighted by atomic mass is 10.0. The van der Waals surface area contributed by atoms with Crippen LogP contribution in [-0.4, -0.2) is 13.7 Å². The smallest absolute Gasteiger partial charge is 0.173 e.